The summed E-state index contributed by atoms with van der Waals surface area (Å²) < 4.78 is 15.4. The molecule has 0 aliphatic carbocycles. The summed E-state index contributed by atoms with van der Waals surface area (Å²) in [5, 5.41) is 1.26. The summed E-state index contributed by atoms with van der Waals surface area (Å²) >= 11 is 0. The summed E-state index contributed by atoms with van der Waals surface area (Å²) in [6.07, 6.45) is 4.44. The molecule has 142 valence electrons. The summed E-state index contributed by atoms with van der Waals surface area (Å²) in [6.45, 7) is 6.70. The molecule has 1 aliphatic rings. The van der Waals surface area contributed by atoms with Crippen molar-refractivity contribution in [3.63, 3.8) is 0 Å². The lowest BCUT2D eigenvalue weighted by Crippen LogP contribution is -2.44. The zero-order chi connectivity index (χ0) is 18.6. The molecule has 0 spiro atoms. The van der Waals surface area contributed by atoms with Gasteiger partial charge in [0.1, 0.15) is 5.82 Å². The smallest absolute Gasteiger partial charge is 0.123 e. The van der Waals surface area contributed by atoms with Gasteiger partial charge in [-0.05, 0) is 67.2 Å². The number of hydrogen-bond acceptors (Lipinski definition) is 2. The molecule has 1 saturated heterocycles. The van der Waals surface area contributed by atoms with Crippen LogP contribution < -0.4 is 0 Å². The first-order valence-electron chi connectivity index (χ1n) is 9.90. The van der Waals surface area contributed by atoms with Crippen LogP contribution in [0.2, 0.25) is 0 Å². The highest BCUT2D eigenvalue weighted by Crippen LogP contribution is 2.20. The molecule has 2 aromatic carbocycles. The van der Waals surface area contributed by atoms with Crippen molar-refractivity contribution in [1.29, 1.82) is 0 Å². The minimum absolute atomic E-state index is 0.182. The van der Waals surface area contributed by atoms with Gasteiger partial charge in [0.05, 0.1) is 0 Å². The van der Waals surface area contributed by atoms with Crippen LogP contribution in [-0.2, 0) is 13.0 Å². The molecule has 0 atom stereocenters. The SMILES string of the molecule is CN1CCN(CCCc2ccc3ccn(Cc4ccc(F)cc4)c3c2)CC1. The molecule has 3 nitrogen and oxygen atoms in total. The van der Waals surface area contributed by atoms with Crippen LogP contribution >= 0.6 is 0 Å². The second-order valence-electron chi connectivity index (χ2n) is 7.71. The van der Waals surface area contributed by atoms with Crippen molar-refractivity contribution < 1.29 is 4.39 Å². The van der Waals surface area contributed by atoms with Gasteiger partial charge in [0.15, 0.2) is 0 Å². The Labute approximate surface area is 161 Å². The summed E-state index contributed by atoms with van der Waals surface area (Å²) in [5.41, 5.74) is 3.78. The highest BCUT2D eigenvalue weighted by Gasteiger charge is 2.13. The predicted molar refractivity (Wildman–Crippen MR) is 110 cm³/mol. The van der Waals surface area contributed by atoms with Crippen molar-refractivity contribution in [3.05, 3.63) is 71.7 Å². The van der Waals surface area contributed by atoms with E-state index < -0.39 is 0 Å². The third-order valence-electron chi connectivity index (χ3n) is 5.64. The molecule has 1 aromatic heterocycles. The van der Waals surface area contributed by atoms with Gasteiger partial charge in [-0.25, -0.2) is 4.39 Å². The largest absolute Gasteiger partial charge is 0.343 e. The first kappa shape index (κ1) is 18.2. The first-order valence-corrected chi connectivity index (χ1v) is 9.90. The Morgan fingerprint density at radius 2 is 1.63 bits per heavy atom. The molecule has 0 N–H and O–H groups in total. The van der Waals surface area contributed by atoms with Gasteiger partial charge in [-0.15, -0.1) is 0 Å². The van der Waals surface area contributed by atoms with E-state index in [1.807, 2.05) is 12.1 Å². The molecule has 0 radical (unpaired) electrons. The zero-order valence-electron chi connectivity index (χ0n) is 16.1. The second-order valence-corrected chi connectivity index (χ2v) is 7.71. The molecule has 0 unspecified atom stereocenters. The molecular formula is C23H28FN3. The maximum atomic E-state index is 13.1. The Hall–Kier alpha value is -2.17. The number of rotatable bonds is 6. The molecule has 1 aliphatic heterocycles. The minimum atomic E-state index is -0.182. The second kappa shape index (κ2) is 8.24. The molecular weight excluding hydrogens is 337 g/mol. The van der Waals surface area contributed by atoms with E-state index in [0.29, 0.717) is 0 Å². The molecule has 0 amide bonds. The van der Waals surface area contributed by atoms with Crippen LogP contribution in [0.3, 0.4) is 0 Å². The number of halogens is 1. The molecule has 3 aromatic rings. The van der Waals surface area contributed by atoms with Crippen molar-refractivity contribution in [3.8, 4) is 0 Å². The quantitative estimate of drug-likeness (QED) is 0.654. The van der Waals surface area contributed by atoms with E-state index in [-0.39, 0.29) is 5.82 Å². The fourth-order valence-corrected chi connectivity index (χ4v) is 3.89. The number of benzene rings is 2. The molecule has 27 heavy (non-hydrogen) atoms. The maximum absolute atomic E-state index is 13.1. The Kier molecular flexibility index (Phi) is 5.55. The topological polar surface area (TPSA) is 11.4 Å². The first-order chi connectivity index (χ1) is 13.2. The monoisotopic (exact) mass is 365 g/mol. The third kappa shape index (κ3) is 4.57. The van der Waals surface area contributed by atoms with E-state index in [1.54, 1.807) is 0 Å². The molecule has 1 fully saturated rings. The summed E-state index contributed by atoms with van der Waals surface area (Å²) in [4.78, 5) is 4.98. The number of piperazine rings is 1. The van der Waals surface area contributed by atoms with Gasteiger partial charge in [0.2, 0.25) is 0 Å². The number of aryl methyl sites for hydroxylation is 1. The average Bonchev–Trinajstić information content (AvgIpc) is 3.07. The van der Waals surface area contributed by atoms with Gasteiger partial charge in [-0.1, -0.05) is 24.3 Å². The average molecular weight is 365 g/mol. The zero-order valence-corrected chi connectivity index (χ0v) is 16.1. The standard InChI is InChI=1S/C23H28FN3/c1-25-13-15-26(16-14-25)11-2-3-19-4-7-21-10-12-27(23(21)17-19)18-20-5-8-22(24)9-6-20/h4-10,12,17H,2-3,11,13-16,18H2,1H3. The lowest BCUT2D eigenvalue weighted by Gasteiger charge is -2.32. The third-order valence-corrected chi connectivity index (χ3v) is 5.64. The van der Waals surface area contributed by atoms with Gasteiger partial charge < -0.3 is 14.4 Å². The van der Waals surface area contributed by atoms with Gasteiger partial charge in [0.25, 0.3) is 0 Å². The number of nitrogens with zero attached hydrogens (tertiary/aromatic N) is 3. The van der Waals surface area contributed by atoms with E-state index in [1.165, 1.54) is 67.7 Å². The highest BCUT2D eigenvalue weighted by atomic mass is 19.1. The van der Waals surface area contributed by atoms with Crippen LogP contribution in [0.25, 0.3) is 10.9 Å². The van der Waals surface area contributed by atoms with E-state index in [4.69, 9.17) is 0 Å². The van der Waals surface area contributed by atoms with E-state index >= 15 is 0 Å². The van der Waals surface area contributed by atoms with Gasteiger partial charge in [-0.2, -0.15) is 0 Å². The van der Waals surface area contributed by atoms with Crippen LogP contribution in [0.5, 0.6) is 0 Å². The van der Waals surface area contributed by atoms with E-state index in [0.717, 1.165) is 18.5 Å². The van der Waals surface area contributed by atoms with Crippen LogP contribution in [0, 0.1) is 5.82 Å². The normalized spacial score (nSPS) is 16.2. The van der Waals surface area contributed by atoms with Crippen LogP contribution in [0.4, 0.5) is 4.39 Å². The number of likely N-dealkylation sites (N-methyl/N-ethyl adjacent to an activating group) is 1. The molecule has 2 heterocycles. The lowest BCUT2D eigenvalue weighted by molar-refractivity contribution is 0.153. The molecule has 0 bridgehead atoms. The van der Waals surface area contributed by atoms with E-state index in [9.17, 15) is 4.39 Å². The van der Waals surface area contributed by atoms with Crippen LogP contribution in [-0.4, -0.2) is 54.1 Å². The van der Waals surface area contributed by atoms with Crippen molar-refractivity contribution in [2.45, 2.75) is 19.4 Å². The number of fused-ring (bicyclic) bond motifs is 1. The summed E-state index contributed by atoms with van der Waals surface area (Å²) in [6, 6.07) is 15.8. The van der Waals surface area contributed by atoms with Gasteiger partial charge >= 0.3 is 0 Å². The fourth-order valence-electron chi connectivity index (χ4n) is 3.89. The summed E-state index contributed by atoms with van der Waals surface area (Å²) in [7, 11) is 2.20. The Morgan fingerprint density at radius 3 is 2.41 bits per heavy atom. The lowest BCUT2D eigenvalue weighted by atomic mass is 10.1. The highest BCUT2D eigenvalue weighted by molar-refractivity contribution is 5.81. The Balaban J connectivity index is 1.40. The summed E-state index contributed by atoms with van der Waals surface area (Å²) in [5.74, 6) is -0.182. The number of hydrogen-bond donors (Lipinski definition) is 0. The van der Waals surface area contributed by atoms with Crippen molar-refractivity contribution in [2.75, 3.05) is 39.8 Å². The van der Waals surface area contributed by atoms with Gasteiger partial charge in [-0.3, -0.25) is 0 Å². The predicted octanol–water partition coefficient (Wildman–Crippen LogP) is 4.01. The molecule has 0 saturated carbocycles. The van der Waals surface area contributed by atoms with Crippen molar-refractivity contribution in [1.82, 2.24) is 14.4 Å². The van der Waals surface area contributed by atoms with Crippen LogP contribution in [0.15, 0.2) is 54.7 Å². The number of aromatic nitrogens is 1. The molecule has 4 heteroatoms. The Morgan fingerprint density at radius 1 is 0.889 bits per heavy atom. The maximum Gasteiger partial charge on any atom is 0.123 e. The van der Waals surface area contributed by atoms with E-state index in [2.05, 4.69) is 51.9 Å². The fraction of sp³-hybridized carbons (Fsp3) is 0.391. The minimum Gasteiger partial charge on any atom is -0.343 e. The Bertz CT molecular complexity index is 876. The van der Waals surface area contributed by atoms with Crippen LogP contribution in [0.1, 0.15) is 17.5 Å². The van der Waals surface area contributed by atoms with Crippen molar-refractivity contribution in [2.24, 2.45) is 0 Å². The van der Waals surface area contributed by atoms with Gasteiger partial charge in [0, 0.05) is 44.4 Å². The van der Waals surface area contributed by atoms with Crippen molar-refractivity contribution >= 4 is 10.9 Å². The molecule has 4 rings (SSSR count).